The molecule has 1 fully saturated rings. The number of carbonyl (C=O) groups is 2. The van der Waals surface area contributed by atoms with E-state index in [1.165, 1.54) is 4.90 Å². The Hall–Kier alpha value is -2.11. The summed E-state index contributed by atoms with van der Waals surface area (Å²) < 4.78 is 52.9. The van der Waals surface area contributed by atoms with Crippen molar-refractivity contribution < 1.29 is 26.8 Å². The lowest BCUT2D eigenvalue weighted by atomic mass is 10.3. The standard InChI is InChI=1S/C16H22F2N4O4S/c1-20(2)16(24)10-19-15(23)11-21-5-7-22(8-6-21)27(25,26)14-4-3-12(17)9-13(14)18/h3-4,9H,5-8,10-11H2,1-2H3,(H,19,23). The van der Waals surface area contributed by atoms with Crippen LogP contribution in [0.3, 0.4) is 0 Å². The van der Waals surface area contributed by atoms with Crippen molar-refractivity contribution in [3.63, 3.8) is 0 Å². The summed E-state index contributed by atoms with van der Waals surface area (Å²) in [7, 11) is -0.915. The lowest BCUT2D eigenvalue weighted by molar-refractivity contribution is -0.131. The Kier molecular flexibility index (Phi) is 6.84. The summed E-state index contributed by atoms with van der Waals surface area (Å²) in [5.74, 6) is -2.57. The first-order chi connectivity index (χ1) is 12.6. The van der Waals surface area contributed by atoms with Gasteiger partial charge >= 0.3 is 0 Å². The highest BCUT2D eigenvalue weighted by Crippen LogP contribution is 2.21. The van der Waals surface area contributed by atoms with Crippen molar-refractivity contribution >= 4 is 21.8 Å². The van der Waals surface area contributed by atoms with Gasteiger partial charge in [0.25, 0.3) is 0 Å². The van der Waals surface area contributed by atoms with E-state index in [1.54, 1.807) is 19.0 Å². The number of amides is 2. The van der Waals surface area contributed by atoms with Gasteiger partial charge in [-0.15, -0.1) is 0 Å². The van der Waals surface area contributed by atoms with E-state index in [2.05, 4.69) is 5.32 Å². The molecule has 8 nitrogen and oxygen atoms in total. The van der Waals surface area contributed by atoms with Crippen molar-refractivity contribution in [3.8, 4) is 0 Å². The summed E-state index contributed by atoms with van der Waals surface area (Å²) >= 11 is 0. The number of carbonyl (C=O) groups excluding carboxylic acids is 2. The SMILES string of the molecule is CN(C)C(=O)CNC(=O)CN1CCN(S(=O)(=O)c2ccc(F)cc2F)CC1. The number of nitrogens with zero attached hydrogens (tertiary/aromatic N) is 3. The molecular formula is C16H22F2N4O4S. The van der Waals surface area contributed by atoms with E-state index in [4.69, 9.17) is 0 Å². The van der Waals surface area contributed by atoms with E-state index >= 15 is 0 Å². The number of nitrogens with one attached hydrogen (secondary N) is 1. The molecule has 2 rings (SSSR count). The van der Waals surface area contributed by atoms with E-state index < -0.39 is 26.6 Å². The average Bonchev–Trinajstić information content (AvgIpc) is 2.59. The Morgan fingerprint density at radius 1 is 1.15 bits per heavy atom. The van der Waals surface area contributed by atoms with Crippen LogP contribution in [0.5, 0.6) is 0 Å². The van der Waals surface area contributed by atoms with Gasteiger partial charge in [0.1, 0.15) is 16.5 Å². The summed E-state index contributed by atoms with van der Waals surface area (Å²) in [4.78, 5) is 25.8. The molecule has 0 bridgehead atoms. The van der Waals surface area contributed by atoms with Crippen LogP contribution in [0, 0.1) is 11.6 Å². The zero-order chi connectivity index (χ0) is 20.2. The van der Waals surface area contributed by atoms with Gasteiger partial charge in [0.15, 0.2) is 0 Å². The third-order valence-electron chi connectivity index (χ3n) is 4.15. The van der Waals surface area contributed by atoms with Crippen molar-refractivity contribution in [1.29, 1.82) is 0 Å². The van der Waals surface area contributed by atoms with Crippen LogP contribution in [0.2, 0.25) is 0 Å². The molecule has 1 saturated heterocycles. The minimum Gasteiger partial charge on any atom is -0.347 e. The molecule has 0 aliphatic carbocycles. The van der Waals surface area contributed by atoms with Crippen LogP contribution in [-0.2, 0) is 19.6 Å². The number of piperazine rings is 1. The van der Waals surface area contributed by atoms with Crippen molar-refractivity contribution in [2.45, 2.75) is 4.90 Å². The Bertz CT molecular complexity index is 809. The van der Waals surface area contributed by atoms with Gasteiger partial charge in [-0.2, -0.15) is 4.31 Å². The summed E-state index contributed by atoms with van der Waals surface area (Å²) in [6, 6.07) is 2.33. The van der Waals surface area contributed by atoms with Gasteiger partial charge < -0.3 is 10.2 Å². The summed E-state index contributed by atoms with van der Waals surface area (Å²) in [6.45, 7) is 0.615. The number of benzene rings is 1. The van der Waals surface area contributed by atoms with Crippen LogP contribution in [0.1, 0.15) is 0 Å². The number of likely N-dealkylation sites (N-methyl/N-ethyl adjacent to an activating group) is 1. The molecule has 1 aromatic carbocycles. The van der Waals surface area contributed by atoms with Gasteiger partial charge in [0, 0.05) is 46.3 Å². The molecule has 1 aliphatic heterocycles. The van der Waals surface area contributed by atoms with Gasteiger partial charge in [-0.05, 0) is 12.1 Å². The first kappa shape index (κ1) is 21.2. The Labute approximate surface area is 156 Å². The minimum absolute atomic E-state index is 0.0273. The largest absolute Gasteiger partial charge is 0.347 e. The van der Waals surface area contributed by atoms with E-state index in [0.717, 1.165) is 16.4 Å². The molecular weight excluding hydrogens is 382 g/mol. The maximum absolute atomic E-state index is 13.8. The normalized spacial score (nSPS) is 16.1. The second-order valence-corrected chi connectivity index (χ2v) is 8.23. The molecule has 0 spiro atoms. The summed E-state index contributed by atoms with van der Waals surface area (Å²) in [5, 5.41) is 2.50. The molecule has 27 heavy (non-hydrogen) atoms. The topological polar surface area (TPSA) is 90.0 Å². The van der Waals surface area contributed by atoms with Crippen molar-refractivity contribution in [1.82, 2.24) is 19.4 Å². The number of sulfonamides is 1. The third-order valence-corrected chi connectivity index (χ3v) is 6.08. The molecule has 1 N–H and O–H groups in total. The van der Waals surface area contributed by atoms with Crippen molar-refractivity contribution in [3.05, 3.63) is 29.8 Å². The van der Waals surface area contributed by atoms with Crippen LogP contribution in [0.15, 0.2) is 23.1 Å². The minimum atomic E-state index is -4.08. The molecule has 1 heterocycles. The molecule has 0 radical (unpaired) electrons. The molecule has 0 unspecified atom stereocenters. The fourth-order valence-corrected chi connectivity index (χ4v) is 4.01. The molecule has 11 heteroatoms. The van der Waals surface area contributed by atoms with Gasteiger partial charge in [-0.3, -0.25) is 14.5 Å². The van der Waals surface area contributed by atoms with Gasteiger partial charge in [-0.1, -0.05) is 0 Å². The number of hydrogen-bond acceptors (Lipinski definition) is 5. The maximum atomic E-state index is 13.8. The van der Waals surface area contributed by atoms with Crippen LogP contribution in [0.25, 0.3) is 0 Å². The second kappa shape index (κ2) is 8.72. The number of hydrogen-bond donors (Lipinski definition) is 1. The lowest BCUT2D eigenvalue weighted by Crippen LogP contribution is -2.51. The lowest BCUT2D eigenvalue weighted by Gasteiger charge is -2.33. The van der Waals surface area contributed by atoms with Crippen LogP contribution in [0.4, 0.5) is 8.78 Å². The first-order valence-electron chi connectivity index (χ1n) is 8.25. The quantitative estimate of drug-likeness (QED) is 0.689. The molecule has 0 atom stereocenters. The van der Waals surface area contributed by atoms with Crippen molar-refractivity contribution in [2.24, 2.45) is 0 Å². The van der Waals surface area contributed by atoms with Crippen LogP contribution in [-0.4, -0.2) is 87.7 Å². The predicted octanol–water partition coefficient (Wildman–Crippen LogP) is -0.524. The van der Waals surface area contributed by atoms with E-state index in [-0.39, 0.29) is 51.1 Å². The summed E-state index contributed by atoms with van der Waals surface area (Å²) in [6.07, 6.45) is 0. The molecule has 1 aromatic rings. The van der Waals surface area contributed by atoms with Crippen molar-refractivity contribution in [2.75, 3.05) is 53.4 Å². The van der Waals surface area contributed by atoms with Gasteiger partial charge in [-0.25, -0.2) is 17.2 Å². The average molecular weight is 404 g/mol. The zero-order valence-corrected chi connectivity index (χ0v) is 15.9. The highest BCUT2D eigenvalue weighted by Gasteiger charge is 2.31. The molecule has 0 aromatic heterocycles. The van der Waals surface area contributed by atoms with Gasteiger partial charge in [0.05, 0.1) is 13.1 Å². The molecule has 1 aliphatic rings. The highest BCUT2D eigenvalue weighted by molar-refractivity contribution is 7.89. The summed E-state index contributed by atoms with van der Waals surface area (Å²) in [5.41, 5.74) is 0. The van der Waals surface area contributed by atoms with E-state index in [1.807, 2.05) is 0 Å². The fraction of sp³-hybridized carbons (Fsp3) is 0.500. The molecule has 0 saturated carbocycles. The maximum Gasteiger partial charge on any atom is 0.246 e. The zero-order valence-electron chi connectivity index (χ0n) is 15.1. The predicted molar refractivity (Wildman–Crippen MR) is 93.3 cm³/mol. The highest BCUT2D eigenvalue weighted by atomic mass is 32.2. The number of rotatable bonds is 6. The monoisotopic (exact) mass is 404 g/mol. The first-order valence-corrected chi connectivity index (χ1v) is 9.69. The Morgan fingerprint density at radius 2 is 1.78 bits per heavy atom. The van der Waals surface area contributed by atoms with Gasteiger partial charge in [0.2, 0.25) is 21.8 Å². The van der Waals surface area contributed by atoms with E-state index in [9.17, 15) is 26.8 Å². The third kappa shape index (κ3) is 5.44. The molecule has 2 amide bonds. The smallest absolute Gasteiger partial charge is 0.246 e. The van der Waals surface area contributed by atoms with Crippen LogP contribution < -0.4 is 5.32 Å². The second-order valence-electron chi connectivity index (χ2n) is 6.32. The Balaban J connectivity index is 1.89. The molecule has 150 valence electrons. The fourth-order valence-electron chi connectivity index (χ4n) is 2.54. The Morgan fingerprint density at radius 3 is 2.33 bits per heavy atom. The van der Waals surface area contributed by atoms with E-state index in [0.29, 0.717) is 6.07 Å². The van der Waals surface area contributed by atoms with Crippen LogP contribution >= 0.6 is 0 Å². The number of halogens is 2.